The standard InChI is InChI=1S/C20H28N2O2/c23-19(13-15-7-4-5-8-15)21-17-11-6-12-18(14-17)22-20(24)16-9-2-1-3-10-16/h6,11-12,14-16H,1-5,7-10,13H2,(H,21,23)(H,22,24). The van der Waals surface area contributed by atoms with E-state index in [4.69, 9.17) is 0 Å². The highest BCUT2D eigenvalue weighted by atomic mass is 16.2. The maximum absolute atomic E-state index is 12.3. The van der Waals surface area contributed by atoms with E-state index in [1.54, 1.807) is 0 Å². The van der Waals surface area contributed by atoms with Crippen LogP contribution < -0.4 is 10.6 Å². The zero-order valence-corrected chi connectivity index (χ0v) is 14.4. The van der Waals surface area contributed by atoms with E-state index in [9.17, 15) is 9.59 Å². The maximum Gasteiger partial charge on any atom is 0.227 e. The molecule has 0 unspecified atom stereocenters. The zero-order valence-electron chi connectivity index (χ0n) is 14.4. The molecule has 2 saturated carbocycles. The van der Waals surface area contributed by atoms with Crippen molar-refractivity contribution < 1.29 is 9.59 Å². The number of anilines is 2. The predicted octanol–water partition coefficient (Wildman–Crippen LogP) is 4.72. The molecule has 2 aliphatic carbocycles. The van der Waals surface area contributed by atoms with Crippen LogP contribution in [-0.2, 0) is 9.59 Å². The Morgan fingerprint density at radius 3 is 2.21 bits per heavy atom. The molecule has 0 aliphatic heterocycles. The average Bonchev–Trinajstić information content (AvgIpc) is 3.08. The van der Waals surface area contributed by atoms with Crippen LogP contribution in [0.25, 0.3) is 0 Å². The van der Waals surface area contributed by atoms with Gasteiger partial charge < -0.3 is 10.6 Å². The number of amides is 2. The van der Waals surface area contributed by atoms with Gasteiger partial charge in [0.15, 0.2) is 0 Å². The molecule has 2 fully saturated rings. The average molecular weight is 328 g/mol. The van der Waals surface area contributed by atoms with E-state index in [1.165, 1.54) is 32.1 Å². The molecule has 24 heavy (non-hydrogen) atoms. The quantitative estimate of drug-likeness (QED) is 0.821. The van der Waals surface area contributed by atoms with Gasteiger partial charge >= 0.3 is 0 Å². The molecular weight excluding hydrogens is 300 g/mol. The first-order valence-electron chi connectivity index (χ1n) is 9.41. The molecule has 0 saturated heterocycles. The third kappa shape index (κ3) is 4.83. The minimum absolute atomic E-state index is 0.0812. The highest BCUT2D eigenvalue weighted by molar-refractivity contribution is 5.95. The van der Waals surface area contributed by atoms with Crippen LogP contribution in [-0.4, -0.2) is 11.8 Å². The molecule has 4 heteroatoms. The second kappa shape index (κ2) is 8.32. The van der Waals surface area contributed by atoms with Gasteiger partial charge in [0.2, 0.25) is 11.8 Å². The highest BCUT2D eigenvalue weighted by Gasteiger charge is 2.21. The van der Waals surface area contributed by atoms with Gasteiger partial charge in [0.25, 0.3) is 0 Å². The summed E-state index contributed by atoms with van der Waals surface area (Å²) in [5.74, 6) is 0.875. The van der Waals surface area contributed by atoms with Crippen LogP contribution in [0.3, 0.4) is 0 Å². The topological polar surface area (TPSA) is 58.2 Å². The fourth-order valence-corrected chi connectivity index (χ4v) is 3.97. The van der Waals surface area contributed by atoms with Crippen molar-refractivity contribution in [3.63, 3.8) is 0 Å². The normalized spacial score (nSPS) is 19.2. The lowest BCUT2D eigenvalue weighted by Gasteiger charge is -2.21. The molecule has 1 aromatic rings. The summed E-state index contributed by atoms with van der Waals surface area (Å²) in [5, 5.41) is 5.98. The number of nitrogens with one attached hydrogen (secondary N) is 2. The van der Waals surface area contributed by atoms with E-state index in [2.05, 4.69) is 10.6 Å². The van der Waals surface area contributed by atoms with Crippen molar-refractivity contribution in [2.24, 2.45) is 11.8 Å². The molecule has 2 amide bonds. The van der Waals surface area contributed by atoms with Gasteiger partial charge in [-0.15, -0.1) is 0 Å². The third-order valence-corrected chi connectivity index (χ3v) is 5.34. The number of carbonyl (C=O) groups excluding carboxylic acids is 2. The van der Waals surface area contributed by atoms with Crippen molar-refractivity contribution in [2.75, 3.05) is 10.6 Å². The Hall–Kier alpha value is -1.84. The second-order valence-electron chi connectivity index (χ2n) is 7.31. The summed E-state index contributed by atoms with van der Waals surface area (Å²) in [5.41, 5.74) is 1.53. The molecule has 0 aromatic heterocycles. The van der Waals surface area contributed by atoms with Crippen LogP contribution in [0.4, 0.5) is 11.4 Å². The summed E-state index contributed by atoms with van der Waals surface area (Å²) >= 11 is 0. The van der Waals surface area contributed by atoms with Crippen LogP contribution >= 0.6 is 0 Å². The molecule has 2 aliphatic rings. The molecule has 0 radical (unpaired) electrons. The monoisotopic (exact) mass is 328 g/mol. The first-order valence-corrected chi connectivity index (χ1v) is 9.41. The Balaban J connectivity index is 1.53. The SMILES string of the molecule is O=C(CC1CCCC1)Nc1cccc(NC(=O)C2CCCCC2)c1. The molecule has 4 nitrogen and oxygen atoms in total. The summed E-state index contributed by atoms with van der Waals surface area (Å²) in [4.78, 5) is 24.5. The molecule has 1 aromatic carbocycles. The molecule has 0 spiro atoms. The van der Waals surface area contributed by atoms with Crippen LogP contribution in [0.15, 0.2) is 24.3 Å². The van der Waals surface area contributed by atoms with Crippen LogP contribution in [0.5, 0.6) is 0 Å². The van der Waals surface area contributed by atoms with E-state index < -0.39 is 0 Å². The van der Waals surface area contributed by atoms with Gasteiger partial charge in [-0.05, 0) is 49.8 Å². The van der Waals surface area contributed by atoms with E-state index in [0.29, 0.717) is 12.3 Å². The zero-order chi connectivity index (χ0) is 16.8. The first kappa shape index (κ1) is 17.0. The van der Waals surface area contributed by atoms with Crippen LogP contribution in [0.1, 0.15) is 64.2 Å². The molecular formula is C20H28N2O2. The van der Waals surface area contributed by atoms with Crippen molar-refractivity contribution >= 4 is 23.2 Å². The van der Waals surface area contributed by atoms with E-state index in [-0.39, 0.29) is 17.7 Å². The Morgan fingerprint density at radius 2 is 1.50 bits per heavy atom. The predicted molar refractivity (Wildman–Crippen MR) is 96.9 cm³/mol. The summed E-state index contributed by atoms with van der Waals surface area (Å²) in [6.45, 7) is 0. The Kier molecular flexibility index (Phi) is 5.89. The van der Waals surface area contributed by atoms with Crippen molar-refractivity contribution in [3.05, 3.63) is 24.3 Å². The van der Waals surface area contributed by atoms with Crippen molar-refractivity contribution in [3.8, 4) is 0 Å². The van der Waals surface area contributed by atoms with E-state index >= 15 is 0 Å². The molecule has 0 heterocycles. The summed E-state index contributed by atoms with van der Waals surface area (Å²) in [7, 11) is 0. The number of hydrogen-bond donors (Lipinski definition) is 2. The summed E-state index contributed by atoms with van der Waals surface area (Å²) < 4.78 is 0. The lowest BCUT2D eigenvalue weighted by molar-refractivity contribution is -0.120. The lowest BCUT2D eigenvalue weighted by atomic mass is 9.88. The van der Waals surface area contributed by atoms with Crippen molar-refractivity contribution in [1.82, 2.24) is 0 Å². The van der Waals surface area contributed by atoms with Crippen LogP contribution in [0.2, 0.25) is 0 Å². The molecule has 130 valence electrons. The fraction of sp³-hybridized carbons (Fsp3) is 0.600. The number of hydrogen-bond acceptors (Lipinski definition) is 2. The van der Waals surface area contributed by atoms with Gasteiger partial charge in [-0.2, -0.15) is 0 Å². The molecule has 2 N–H and O–H groups in total. The van der Waals surface area contributed by atoms with Gasteiger partial charge in [-0.25, -0.2) is 0 Å². The first-order chi connectivity index (χ1) is 11.7. The van der Waals surface area contributed by atoms with Gasteiger partial charge in [0.1, 0.15) is 0 Å². The molecule has 3 rings (SSSR count). The number of rotatable bonds is 5. The maximum atomic E-state index is 12.3. The lowest BCUT2D eigenvalue weighted by Crippen LogP contribution is -2.24. The van der Waals surface area contributed by atoms with Crippen LogP contribution in [0, 0.1) is 11.8 Å². The van der Waals surface area contributed by atoms with Crippen molar-refractivity contribution in [2.45, 2.75) is 64.2 Å². The Bertz CT molecular complexity index is 573. The fourth-order valence-electron chi connectivity index (χ4n) is 3.97. The third-order valence-electron chi connectivity index (χ3n) is 5.34. The van der Waals surface area contributed by atoms with Gasteiger partial charge in [-0.1, -0.05) is 38.2 Å². The summed E-state index contributed by atoms with van der Waals surface area (Å²) in [6.07, 6.45) is 11.0. The minimum Gasteiger partial charge on any atom is -0.326 e. The van der Waals surface area contributed by atoms with E-state index in [1.807, 2.05) is 24.3 Å². The van der Waals surface area contributed by atoms with Gasteiger partial charge in [0.05, 0.1) is 0 Å². The summed E-state index contributed by atoms with van der Waals surface area (Å²) in [6, 6.07) is 7.49. The number of carbonyl (C=O) groups is 2. The highest BCUT2D eigenvalue weighted by Crippen LogP contribution is 2.28. The molecule has 0 bridgehead atoms. The second-order valence-corrected chi connectivity index (χ2v) is 7.31. The number of benzene rings is 1. The van der Waals surface area contributed by atoms with Crippen molar-refractivity contribution in [1.29, 1.82) is 0 Å². The Labute approximate surface area is 144 Å². The Morgan fingerprint density at radius 1 is 0.875 bits per heavy atom. The van der Waals surface area contributed by atoms with Gasteiger partial charge in [-0.3, -0.25) is 9.59 Å². The smallest absolute Gasteiger partial charge is 0.227 e. The van der Waals surface area contributed by atoms with Gasteiger partial charge in [0, 0.05) is 23.7 Å². The molecule has 0 atom stereocenters. The largest absolute Gasteiger partial charge is 0.326 e. The van der Waals surface area contributed by atoms with E-state index in [0.717, 1.165) is 37.1 Å². The minimum atomic E-state index is 0.0812.